The molecule has 1 rings (SSSR count). The van der Waals surface area contributed by atoms with E-state index in [1.807, 2.05) is 26.2 Å². The summed E-state index contributed by atoms with van der Waals surface area (Å²) in [5, 5.41) is 9.15. The van der Waals surface area contributed by atoms with Gasteiger partial charge in [0.05, 0.1) is 12.0 Å². The quantitative estimate of drug-likeness (QED) is 0.750. The second-order valence-electron chi connectivity index (χ2n) is 4.13. The summed E-state index contributed by atoms with van der Waals surface area (Å²) in [7, 11) is 4.07. The fourth-order valence-corrected chi connectivity index (χ4v) is 1.65. The van der Waals surface area contributed by atoms with E-state index >= 15 is 0 Å². The van der Waals surface area contributed by atoms with Gasteiger partial charge in [0.25, 0.3) is 0 Å². The predicted octanol–water partition coefficient (Wildman–Crippen LogP) is 2.55. The Morgan fingerprint density at radius 2 is 2.00 bits per heavy atom. The molecule has 0 spiro atoms. The maximum Gasteiger partial charge on any atom is 0.0727 e. The van der Waals surface area contributed by atoms with Crippen molar-refractivity contribution in [3.63, 3.8) is 0 Å². The molecule has 0 radical (unpaired) electrons. The molecule has 0 aromatic heterocycles. The van der Waals surface area contributed by atoms with Crippen molar-refractivity contribution < 1.29 is 0 Å². The Morgan fingerprint density at radius 3 is 2.53 bits per heavy atom. The number of nitrogens with zero attached hydrogens (tertiary/aromatic N) is 2. The number of nitriles is 1. The molecule has 1 atom stereocenters. The lowest BCUT2D eigenvalue weighted by molar-refractivity contribution is 0.393. The predicted molar refractivity (Wildman–Crippen MR) is 62.7 cm³/mol. The second kappa shape index (κ2) is 5.53. The van der Waals surface area contributed by atoms with Crippen LogP contribution in [0.5, 0.6) is 0 Å². The highest BCUT2D eigenvalue weighted by Crippen LogP contribution is 2.22. The van der Waals surface area contributed by atoms with Crippen LogP contribution in [0.1, 0.15) is 23.5 Å². The third kappa shape index (κ3) is 3.38. The highest BCUT2D eigenvalue weighted by atomic mass is 15.0. The zero-order chi connectivity index (χ0) is 11.3. The second-order valence-corrected chi connectivity index (χ2v) is 4.13. The van der Waals surface area contributed by atoms with Crippen LogP contribution in [0, 0.1) is 18.3 Å². The molecule has 2 heteroatoms. The van der Waals surface area contributed by atoms with Crippen LogP contribution >= 0.6 is 0 Å². The molecule has 0 N–H and O–H groups in total. The summed E-state index contributed by atoms with van der Waals surface area (Å²) < 4.78 is 0. The summed E-state index contributed by atoms with van der Waals surface area (Å²) in [6.07, 6.45) is 0.897. The molecule has 2 nitrogen and oxygen atoms in total. The Labute approximate surface area is 92.1 Å². The van der Waals surface area contributed by atoms with Gasteiger partial charge in [0.2, 0.25) is 0 Å². The van der Waals surface area contributed by atoms with Crippen LogP contribution in [0.3, 0.4) is 0 Å². The zero-order valence-corrected chi connectivity index (χ0v) is 9.70. The van der Waals surface area contributed by atoms with E-state index in [1.165, 1.54) is 11.1 Å². The Bertz CT molecular complexity index is 350. The first kappa shape index (κ1) is 11.7. The summed E-state index contributed by atoms with van der Waals surface area (Å²) in [5.41, 5.74) is 2.38. The average molecular weight is 202 g/mol. The number of hydrogen-bond acceptors (Lipinski definition) is 2. The van der Waals surface area contributed by atoms with Crippen LogP contribution in [-0.2, 0) is 0 Å². The van der Waals surface area contributed by atoms with Crippen molar-refractivity contribution in [2.24, 2.45) is 0 Å². The first-order valence-electron chi connectivity index (χ1n) is 5.25. The summed E-state index contributed by atoms with van der Waals surface area (Å²) in [5.74, 6) is 0.0219. The largest absolute Gasteiger partial charge is 0.309 e. The van der Waals surface area contributed by atoms with Crippen molar-refractivity contribution in [1.29, 1.82) is 5.26 Å². The molecule has 0 bridgehead atoms. The van der Waals surface area contributed by atoms with Crippen molar-refractivity contribution in [2.75, 3.05) is 20.6 Å². The maximum atomic E-state index is 9.15. The summed E-state index contributed by atoms with van der Waals surface area (Å²) in [4.78, 5) is 2.11. The Kier molecular flexibility index (Phi) is 4.33. The summed E-state index contributed by atoms with van der Waals surface area (Å²) in [6, 6.07) is 10.5. The molecule has 0 amide bonds. The van der Waals surface area contributed by atoms with E-state index in [0.717, 1.165) is 13.0 Å². The van der Waals surface area contributed by atoms with Gasteiger partial charge in [-0.1, -0.05) is 24.3 Å². The van der Waals surface area contributed by atoms with Crippen molar-refractivity contribution in [2.45, 2.75) is 19.3 Å². The van der Waals surface area contributed by atoms with Crippen molar-refractivity contribution >= 4 is 0 Å². The standard InChI is InChI=1S/C13H18N2/c1-11-6-4-5-7-13(11)12(10-14)8-9-15(2)3/h4-7,12H,8-9H2,1-3H3. The lowest BCUT2D eigenvalue weighted by Crippen LogP contribution is -2.15. The van der Waals surface area contributed by atoms with Crippen LogP contribution in [-0.4, -0.2) is 25.5 Å². The minimum atomic E-state index is 0.0219. The van der Waals surface area contributed by atoms with Crippen LogP contribution in [0.15, 0.2) is 24.3 Å². The topological polar surface area (TPSA) is 27.0 Å². The van der Waals surface area contributed by atoms with Gasteiger partial charge in [-0.15, -0.1) is 0 Å². The lowest BCUT2D eigenvalue weighted by Gasteiger charge is -2.15. The van der Waals surface area contributed by atoms with Gasteiger partial charge >= 0.3 is 0 Å². The van der Waals surface area contributed by atoms with Gasteiger partial charge in [-0.3, -0.25) is 0 Å². The van der Waals surface area contributed by atoms with E-state index in [4.69, 9.17) is 5.26 Å². The molecular weight excluding hydrogens is 184 g/mol. The third-order valence-corrected chi connectivity index (χ3v) is 2.58. The van der Waals surface area contributed by atoms with Crippen molar-refractivity contribution in [3.05, 3.63) is 35.4 Å². The van der Waals surface area contributed by atoms with E-state index in [9.17, 15) is 0 Å². The van der Waals surface area contributed by atoms with E-state index in [2.05, 4.69) is 30.0 Å². The molecule has 1 unspecified atom stereocenters. The smallest absolute Gasteiger partial charge is 0.0727 e. The van der Waals surface area contributed by atoms with Gasteiger partial charge < -0.3 is 4.90 Å². The van der Waals surface area contributed by atoms with Gasteiger partial charge in [-0.2, -0.15) is 5.26 Å². The van der Waals surface area contributed by atoms with Gasteiger partial charge in [-0.05, 0) is 45.1 Å². The van der Waals surface area contributed by atoms with Crippen LogP contribution in [0.2, 0.25) is 0 Å². The number of hydrogen-bond donors (Lipinski definition) is 0. The molecule has 0 aliphatic rings. The first-order valence-corrected chi connectivity index (χ1v) is 5.25. The molecule has 0 fully saturated rings. The average Bonchev–Trinajstić information content (AvgIpc) is 2.21. The molecular formula is C13H18N2. The molecule has 15 heavy (non-hydrogen) atoms. The molecule has 80 valence electrons. The van der Waals surface area contributed by atoms with Crippen LogP contribution in [0.4, 0.5) is 0 Å². The fraction of sp³-hybridized carbons (Fsp3) is 0.462. The number of aryl methyl sites for hydroxylation is 1. The van der Waals surface area contributed by atoms with Gasteiger partial charge in [0, 0.05) is 0 Å². The Balaban J connectivity index is 2.76. The maximum absolute atomic E-state index is 9.15. The fourth-order valence-electron chi connectivity index (χ4n) is 1.65. The molecule has 0 aliphatic carbocycles. The highest BCUT2D eigenvalue weighted by Gasteiger charge is 2.12. The van der Waals surface area contributed by atoms with E-state index in [0.29, 0.717) is 0 Å². The normalized spacial score (nSPS) is 12.5. The van der Waals surface area contributed by atoms with E-state index in [-0.39, 0.29) is 5.92 Å². The number of benzene rings is 1. The van der Waals surface area contributed by atoms with Gasteiger partial charge in [0.1, 0.15) is 0 Å². The molecule has 0 saturated heterocycles. The minimum absolute atomic E-state index is 0.0219. The molecule has 0 saturated carbocycles. The minimum Gasteiger partial charge on any atom is -0.309 e. The Hall–Kier alpha value is -1.33. The first-order chi connectivity index (χ1) is 7.15. The summed E-state index contributed by atoms with van der Waals surface area (Å²) in [6.45, 7) is 3.02. The third-order valence-electron chi connectivity index (χ3n) is 2.58. The molecule has 1 aromatic carbocycles. The van der Waals surface area contributed by atoms with Crippen molar-refractivity contribution in [1.82, 2.24) is 4.90 Å². The number of rotatable bonds is 4. The highest BCUT2D eigenvalue weighted by molar-refractivity contribution is 5.32. The monoisotopic (exact) mass is 202 g/mol. The van der Waals surface area contributed by atoms with Crippen molar-refractivity contribution in [3.8, 4) is 6.07 Å². The van der Waals surface area contributed by atoms with Crippen LogP contribution < -0.4 is 0 Å². The molecule has 0 aliphatic heterocycles. The van der Waals surface area contributed by atoms with E-state index < -0.39 is 0 Å². The van der Waals surface area contributed by atoms with E-state index in [1.54, 1.807) is 0 Å². The lowest BCUT2D eigenvalue weighted by atomic mass is 9.93. The molecule has 1 aromatic rings. The van der Waals surface area contributed by atoms with Crippen LogP contribution in [0.25, 0.3) is 0 Å². The van der Waals surface area contributed by atoms with Gasteiger partial charge in [-0.25, -0.2) is 0 Å². The SMILES string of the molecule is Cc1ccccc1C(C#N)CCN(C)C. The zero-order valence-electron chi connectivity index (χ0n) is 9.70. The Morgan fingerprint density at radius 1 is 1.33 bits per heavy atom. The molecule has 0 heterocycles. The summed E-state index contributed by atoms with van der Waals surface area (Å²) >= 11 is 0. The van der Waals surface area contributed by atoms with Gasteiger partial charge in [0.15, 0.2) is 0 Å².